The van der Waals surface area contributed by atoms with Crippen molar-refractivity contribution < 1.29 is 23.1 Å². The summed E-state index contributed by atoms with van der Waals surface area (Å²) in [6, 6.07) is 17.6. The monoisotopic (exact) mass is 464 g/mol. The largest absolute Gasteiger partial charge is 0.507 e. The summed E-state index contributed by atoms with van der Waals surface area (Å²) in [6.45, 7) is 3.43. The number of nitriles is 1. The molecular weight excluding hydrogens is 440 g/mol. The molecule has 8 heteroatoms. The number of nitrogens with zero attached hydrogens (tertiary/aromatic N) is 1. The van der Waals surface area contributed by atoms with Crippen LogP contribution in [-0.4, -0.2) is 19.3 Å². The van der Waals surface area contributed by atoms with Crippen LogP contribution < -0.4 is 9.46 Å². The van der Waals surface area contributed by atoms with E-state index in [4.69, 9.17) is 10.00 Å². The van der Waals surface area contributed by atoms with Gasteiger partial charge in [0.1, 0.15) is 18.1 Å². The SMILES string of the molecule is CCCc1c(OCc2cccc(S(=O)(=O)Nc3ccc(C#N)cc3)c2)ccc(C(C)=O)c1O. The molecule has 0 amide bonds. The minimum absolute atomic E-state index is 0.0662. The maximum Gasteiger partial charge on any atom is 0.261 e. The van der Waals surface area contributed by atoms with Crippen LogP contribution in [0.5, 0.6) is 11.5 Å². The molecule has 0 fully saturated rings. The van der Waals surface area contributed by atoms with Crippen molar-refractivity contribution in [3.63, 3.8) is 0 Å². The Balaban J connectivity index is 1.79. The second kappa shape index (κ2) is 10.2. The zero-order valence-electron chi connectivity index (χ0n) is 18.3. The zero-order valence-corrected chi connectivity index (χ0v) is 19.1. The van der Waals surface area contributed by atoms with Crippen LogP contribution in [0.25, 0.3) is 0 Å². The minimum Gasteiger partial charge on any atom is -0.507 e. The average molecular weight is 465 g/mol. The highest BCUT2D eigenvalue weighted by Crippen LogP contribution is 2.33. The van der Waals surface area contributed by atoms with Crippen LogP contribution in [0.1, 0.15) is 47.3 Å². The maximum atomic E-state index is 12.8. The van der Waals surface area contributed by atoms with Gasteiger partial charge >= 0.3 is 0 Å². The number of ether oxygens (including phenoxy) is 1. The van der Waals surface area contributed by atoms with Gasteiger partial charge in [0.2, 0.25) is 0 Å². The van der Waals surface area contributed by atoms with Crippen LogP contribution in [0.15, 0.2) is 65.6 Å². The number of hydrogen-bond acceptors (Lipinski definition) is 6. The predicted octanol–water partition coefficient (Wildman–Crippen LogP) is 4.80. The highest BCUT2D eigenvalue weighted by molar-refractivity contribution is 7.92. The summed E-state index contributed by atoms with van der Waals surface area (Å²) in [7, 11) is -3.84. The first-order chi connectivity index (χ1) is 15.7. The molecule has 0 aliphatic carbocycles. The first-order valence-corrected chi connectivity index (χ1v) is 11.8. The van der Waals surface area contributed by atoms with Crippen LogP contribution in [0.2, 0.25) is 0 Å². The summed E-state index contributed by atoms with van der Waals surface area (Å²) in [5.74, 6) is 0.136. The van der Waals surface area contributed by atoms with Gasteiger partial charge in [-0.2, -0.15) is 5.26 Å². The molecule has 7 nitrogen and oxygen atoms in total. The van der Waals surface area contributed by atoms with Gasteiger partial charge in [0.15, 0.2) is 5.78 Å². The van der Waals surface area contributed by atoms with Gasteiger partial charge in [-0.25, -0.2) is 8.42 Å². The Morgan fingerprint density at radius 3 is 2.48 bits per heavy atom. The third-order valence-corrected chi connectivity index (χ3v) is 6.37. The van der Waals surface area contributed by atoms with E-state index in [0.717, 1.165) is 6.42 Å². The second-order valence-electron chi connectivity index (χ2n) is 7.48. The van der Waals surface area contributed by atoms with E-state index in [1.165, 1.54) is 49.4 Å². The summed E-state index contributed by atoms with van der Waals surface area (Å²) in [6.07, 6.45) is 1.28. The van der Waals surface area contributed by atoms with E-state index in [9.17, 15) is 18.3 Å². The van der Waals surface area contributed by atoms with Crippen molar-refractivity contribution in [3.05, 3.63) is 82.9 Å². The lowest BCUT2D eigenvalue weighted by Crippen LogP contribution is -2.13. The molecule has 2 N–H and O–H groups in total. The minimum atomic E-state index is -3.84. The van der Waals surface area contributed by atoms with Gasteiger partial charge in [-0.05, 0) is 67.4 Å². The molecule has 33 heavy (non-hydrogen) atoms. The molecule has 170 valence electrons. The quantitative estimate of drug-likeness (QED) is 0.440. The molecule has 3 rings (SSSR count). The Hall–Kier alpha value is -3.83. The van der Waals surface area contributed by atoms with Crippen molar-refractivity contribution in [2.75, 3.05) is 4.72 Å². The van der Waals surface area contributed by atoms with Gasteiger partial charge in [0, 0.05) is 11.3 Å². The van der Waals surface area contributed by atoms with Gasteiger partial charge in [-0.3, -0.25) is 9.52 Å². The lowest BCUT2D eigenvalue weighted by atomic mass is 10.0. The van der Waals surface area contributed by atoms with Gasteiger partial charge in [0.05, 0.1) is 22.1 Å². The van der Waals surface area contributed by atoms with Crippen molar-refractivity contribution in [3.8, 4) is 17.6 Å². The van der Waals surface area contributed by atoms with E-state index in [1.807, 2.05) is 13.0 Å². The highest BCUT2D eigenvalue weighted by atomic mass is 32.2. The van der Waals surface area contributed by atoms with E-state index < -0.39 is 10.0 Å². The molecule has 0 unspecified atom stereocenters. The number of carbonyl (C=O) groups excluding carboxylic acids is 1. The number of carbonyl (C=O) groups is 1. The first kappa shape index (κ1) is 23.8. The van der Waals surface area contributed by atoms with Crippen LogP contribution >= 0.6 is 0 Å². The van der Waals surface area contributed by atoms with Crippen molar-refractivity contribution in [2.24, 2.45) is 0 Å². The first-order valence-electron chi connectivity index (χ1n) is 10.4. The van der Waals surface area contributed by atoms with Gasteiger partial charge < -0.3 is 9.84 Å². The number of benzene rings is 3. The number of sulfonamides is 1. The van der Waals surface area contributed by atoms with E-state index in [0.29, 0.717) is 34.5 Å². The molecule has 0 radical (unpaired) electrons. The molecule has 0 spiro atoms. The number of Topliss-reactive ketones (excluding diaryl/α,β-unsaturated/α-hetero) is 1. The zero-order chi connectivity index (χ0) is 24.0. The Morgan fingerprint density at radius 2 is 1.85 bits per heavy atom. The standard InChI is InChI=1S/C25H24N2O5S/c1-3-5-23-24(13-12-22(17(2)28)25(23)29)32-16-19-6-4-7-21(14-19)33(30,31)27-20-10-8-18(15-26)9-11-20/h4,6-14,27,29H,3,5,16H2,1-2H3. The van der Waals surface area contributed by atoms with Gasteiger partial charge in [-0.1, -0.05) is 25.5 Å². The molecule has 0 aliphatic rings. The maximum absolute atomic E-state index is 12.8. The third-order valence-electron chi connectivity index (χ3n) is 4.99. The smallest absolute Gasteiger partial charge is 0.261 e. The van der Waals surface area contributed by atoms with E-state index in [2.05, 4.69) is 4.72 Å². The van der Waals surface area contributed by atoms with Crippen LogP contribution in [-0.2, 0) is 23.1 Å². The van der Waals surface area contributed by atoms with Crippen LogP contribution in [0.3, 0.4) is 0 Å². The van der Waals surface area contributed by atoms with E-state index >= 15 is 0 Å². The van der Waals surface area contributed by atoms with Crippen molar-refractivity contribution in [2.45, 2.75) is 38.2 Å². The predicted molar refractivity (Wildman–Crippen MR) is 125 cm³/mol. The molecule has 0 saturated heterocycles. The summed E-state index contributed by atoms with van der Waals surface area (Å²) in [4.78, 5) is 11.8. The molecular formula is C25H24N2O5S. The van der Waals surface area contributed by atoms with Crippen molar-refractivity contribution in [1.82, 2.24) is 0 Å². The number of nitrogens with one attached hydrogen (secondary N) is 1. The molecule has 0 atom stereocenters. The number of ketones is 1. The number of rotatable bonds is 9. The summed E-state index contributed by atoms with van der Waals surface area (Å²) in [5, 5.41) is 19.4. The van der Waals surface area contributed by atoms with Crippen molar-refractivity contribution >= 4 is 21.5 Å². The highest BCUT2D eigenvalue weighted by Gasteiger charge is 2.17. The fourth-order valence-electron chi connectivity index (χ4n) is 3.32. The lowest BCUT2D eigenvalue weighted by Gasteiger charge is -2.15. The van der Waals surface area contributed by atoms with E-state index in [1.54, 1.807) is 18.2 Å². The summed E-state index contributed by atoms with van der Waals surface area (Å²) >= 11 is 0. The Bertz CT molecular complexity index is 1310. The second-order valence-corrected chi connectivity index (χ2v) is 9.16. The average Bonchev–Trinajstić information content (AvgIpc) is 2.80. The van der Waals surface area contributed by atoms with Crippen LogP contribution in [0, 0.1) is 11.3 Å². The van der Waals surface area contributed by atoms with Gasteiger partial charge in [0.25, 0.3) is 10.0 Å². The van der Waals surface area contributed by atoms with Crippen molar-refractivity contribution in [1.29, 1.82) is 5.26 Å². The molecule has 0 aliphatic heterocycles. The van der Waals surface area contributed by atoms with E-state index in [-0.39, 0.29) is 28.6 Å². The Kier molecular flexibility index (Phi) is 7.36. The Labute approximate surface area is 193 Å². The van der Waals surface area contributed by atoms with Crippen LogP contribution in [0.4, 0.5) is 5.69 Å². The molecule has 0 bridgehead atoms. The van der Waals surface area contributed by atoms with Gasteiger partial charge in [-0.15, -0.1) is 0 Å². The Morgan fingerprint density at radius 1 is 1.12 bits per heavy atom. The molecule has 0 saturated carbocycles. The topological polar surface area (TPSA) is 116 Å². The number of anilines is 1. The third kappa shape index (κ3) is 5.70. The fraction of sp³-hybridized carbons (Fsp3) is 0.200. The number of phenolic OH excluding ortho intramolecular Hbond substituents is 1. The number of aromatic hydroxyl groups is 1. The molecule has 3 aromatic carbocycles. The molecule has 3 aromatic rings. The summed E-state index contributed by atoms with van der Waals surface area (Å²) < 4.78 is 34.0. The lowest BCUT2D eigenvalue weighted by molar-refractivity contribution is 0.101. The normalized spacial score (nSPS) is 10.9. The summed E-state index contributed by atoms with van der Waals surface area (Å²) in [5.41, 5.74) is 2.20. The number of phenols is 1. The molecule has 0 aromatic heterocycles. The molecule has 0 heterocycles. The number of hydrogen-bond donors (Lipinski definition) is 2. The fourth-order valence-corrected chi connectivity index (χ4v) is 4.45.